The van der Waals surface area contributed by atoms with Gasteiger partial charge in [-0.05, 0) is 37.5 Å². The highest BCUT2D eigenvalue weighted by Crippen LogP contribution is 2.44. The summed E-state index contributed by atoms with van der Waals surface area (Å²) in [5.74, 6) is -2.19. The van der Waals surface area contributed by atoms with Crippen molar-refractivity contribution in [2.24, 2.45) is 0 Å². The topological polar surface area (TPSA) is 67.7 Å². The third-order valence-electron chi connectivity index (χ3n) is 6.29. The number of halogens is 4. The van der Waals surface area contributed by atoms with E-state index < -0.39 is 42.0 Å². The normalized spacial score (nSPS) is 25.3. The van der Waals surface area contributed by atoms with Gasteiger partial charge >= 0.3 is 6.55 Å². The summed E-state index contributed by atoms with van der Waals surface area (Å²) in [7, 11) is 0. The zero-order valence-corrected chi connectivity index (χ0v) is 18.0. The Morgan fingerprint density at radius 2 is 1.97 bits per heavy atom. The molecular formula is C22H24F4N4O3. The molecule has 1 aromatic rings. The van der Waals surface area contributed by atoms with Crippen LogP contribution in [0, 0.1) is 0 Å². The highest BCUT2D eigenvalue weighted by atomic mass is 19.3. The molecule has 3 aliphatic rings. The van der Waals surface area contributed by atoms with Crippen molar-refractivity contribution in [3.8, 4) is 0 Å². The zero-order chi connectivity index (χ0) is 23.9. The van der Waals surface area contributed by atoms with Crippen LogP contribution in [-0.2, 0) is 9.53 Å². The molecule has 0 aromatic carbocycles. The summed E-state index contributed by atoms with van der Waals surface area (Å²) in [6, 6.07) is 0.771. The molecule has 0 unspecified atom stereocenters. The van der Waals surface area contributed by atoms with Crippen LogP contribution in [0.4, 0.5) is 17.6 Å². The summed E-state index contributed by atoms with van der Waals surface area (Å²) in [4.78, 5) is 29.0. The Kier molecular flexibility index (Phi) is 6.17. The molecule has 3 saturated heterocycles. The number of rotatable bonds is 5. The average molecular weight is 468 g/mol. The molecule has 4 heterocycles. The maximum atomic E-state index is 13.9. The van der Waals surface area contributed by atoms with E-state index in [0.717, 1.165) is 25.3 Å². The van der Waals surface area contributed by atoms with Gasteiger partial charge in [0.25, 0.3) is 11.8 Å². The van der Waals surface area contributed by atoms with Gasteiger partial charge in [0.15, 0.2) is 11.3 Å². The summed E-state index contributed by atoms with van der Waals surface area (Å²) in [5.41, 5.74) is -0.836. The Morgan fingerprint density at radius 3 is 2.58 bits per heavy atom. The smallest absolute Gasteiger partial charge is 0.333 e. The molecule has 0 bridgehead atoms. The third-order valence-corrected chi connectivity index (χ3v) is 6.29. The van der Waals surface area contributed by atoms with Crippen LogP contribution in [0.15, 0.2) is 48.2 Å². The molecule has 3 aliphatic heterocycles. The number of alkyl halides is 2. The number of carbonyl (C=O) groups is 2. The predicted octanol–water partition coefficient (Wildman–Crippen LogP) is 3.88. The maximum Gasteiger partial charge on any atom is 0.333 e. The van der Waals surface area contributed by atoms with E-state index in [4.69, 9.17) is 4.74 Å². The van der Waals surface area contributed by atoms with Crippen LogP contribution in [0.25, 0.3) is 0 Å². The predicted molar refractivity (Wildman–Crippen MR) is 109 cm³/mol. The molecule has 0 radical (unpaired) electrons. The summed E-state index contributed by atoms with van der Waals surface area (Å²) in [6.45, 7) is 2.56. The van der Waals surface area contributed by atoms with Gasteiger partial charge in [0, 0.05) is 38.2 Å². The molecule has 1 spiro atoms. The van der Waals surface area contributed by atoms with Gasteiger partial charge in [-0.15, -0.1) is 0 Å². The van der Waals surface area contributed by atoms with Gasteiger partial charge in [0.1, 0.15) is 12.1 Å². The Hall–Kier alpha value is -2.95. The van der Waals surface area contributed by atoms with Crippen molar-refractivity contribution in [2.75, 3.05) is 13.1 Å². The lowest BCUT2D eigenvalue weighted by Crippen LogP contribution is -2.52. The van der Waals surface area contributed by atoms with Crippen molar-refractivity contribution in [1.82, 2.24) is 19.6 Å². The van der Waals surface area contributed by atoms with Crippen molar-refractivity contribution < 1.29 is 31.9 Å². The fourth-order valence-corrected chi connectivity index (χ4v) is 4.71. The molecule has 4 rings (SSSR count). The van der Waals surface area contributed by atoms with Crippen molar-refractivity contribution in [3.63, 3.8) is 0 Å². The highest BCUT2D eigenvalue weighted by Gasteiger charge is 2.58. The van der Waals surface area contributed by atoms with Crippen molar-refractivity contribution >= 4 is 11.8 Å². The molecule has 33 heavy (non-hydrogen) atoms. The van der Waals surface area contributed by atoms with E-state index in [0.29, 0.717) is 23.1 Å². The van der Waals surface area contributed by atoms with Crippen LogP contribution >= 0.6 is 0 Å². The van der Waals surface area contributed by atoms with Crippen molar-refractivity contribution in [2.45, 2.75) is 57.0 Å². The van der Waals surface area contributed by atoms with Gasteiger partial charge in [-0.3, -0.25) is 9.59 Å². The van der Waals surface area contributed by atoms with E-state index in [-0.39, 0.29) is 37.5 Å². The number of nitrogens with zero attached hydrogens (tertiary/aromatic N) is 4. The number of piperidine rings is 1. The van der Waals surface area contributed by atoms with Gasteiger partial charge in [0.2, 0.25) is 0 Å². The number of fused-ring (bicyclic) bond motifs is 1. The minimum absolute atomic E-state index is 0.0896. The lowest BCUT2D eigenvalue weighted by molar-refractivity contribution is -0.142. The van der Waals surface area contributed by atoms with Gasteiger partial charge in [0.05, 0.1) is 11.9 Å². The third kappa shape index (κ3) is 4.33. The molecule has 0 aliphatic carbocycles. The molecule has 2 atom stereocenters. The standard InChI is InChI=1S/C22H24F4N4O3/c1-13(11-15(24)12-14(2)23)17-3-4-18-30(17)20(32)22(33-18)6-9-28(10-7-22)19(31)16-5-8-29(27-16)21(25)26/h5,8,11-12,17-18,21H,1,3-4,6-7,9-10H2,2H3/b14-12+,15-11+/t17-,18+/m0/s1. The Morgan fingerprint density at radius 1 is 1.27 bits per heavy atom. The van der Waals surface area contributed by atoms with Crippen LogP contribution < -0.4 is 0 Å². The van der Waals surface area contributed by atoms with Crippen LogP contribution in [0.5, 0.6) is 0 Å². The number of likely N-dealkylation sites (tertiary alicyclic amines) is 1. The first kappa shape index (κ1) is 23.2. The summed E-state index contributed by atoms with van der Waals surface area (Å²) < 4.78 is 58.8. The van der Waals surface area contributed by atoms with E-state index in [1.807, 2.05) is 0 Å². The lowest BCUT2D eigenvalue weighted by Gasteiger charge is -2.37. The maximum absolute atomic E-state index is 13.9. The molecule has 1 aromatic heterocycles. The first-order valence-corrected chi connectivity index (χ1v) is 10.6. The monoisotopic (exact) mass is 468 g/mol. The zero-order valence-electron chi connectivity index (χ0n) is 18.0. The van der Waals surface area contributed by atoms with E-state index >= 15 is 0 Å². The lowest BCUT2D eigenvalue weighted by atomic mass is 9.89. The van der Waals surface area contributed by atoms with Crippen LogP contribution in [-0.4, -0.2) is 62.4 Å². The second-order valence-electron chi connectivity index (χ2n) is 8.46. The Bertz CT molecular complexity index is 1020. The number of allylic oxidation sites excluding steroid dienone is 3. The van der Waals surface area contributed by atoms with Gasteiger partial charge in [-0.2, -0.15) is 13.9 Å². The van der Waals surface area contributed by atoms with E-state index in [9.17, 15) is 27.2 Å². The largest absolute Gasteiger partial charge is 0.342 e. The van der Waals surface area contributed by atoms with Gasteiger partial charge < -0.3 is 14.5 Å². The summed E-state index contributed by atoms with van der Waals surface area (Å²) in [6.07, 6.45) is 4.02. The molecule has 178 valence electrons. The first-order chi connectivity index (χ1) is 15.6. The van der Waals surface area contributed by atoms with Crippen LogP contribution in [0.2, 0.25) is 0 Å². The number of hydrogen-bond donors (Lipinski definition) is 0. The van der Waals surface area contributed by atoms with Crippen molar-refractivity contribution in [3.05, 3.63) is 53.9 Å². The molecule has 11 heteroatoms. The summed E-state index contributed by atoms with van der Waals surface area (Å²) in [5, 5.41) is 3.60. The SMILES string of the molecule is C=C(/C=C(F)\C=C(/C)F)[C@@H]1CC[C@H]2OC3(CCN(C(=O)c4ccn(C(F)F)n4)CC3)C(=O)N21. The van der Waals surface area contributed by atoms with E-state index in [1.165, 1.54) is 11.0 Å². The number of amides is 2. The summed E-state index contributed by atoms with van der Waals surface area (Å²) >= 11 is 0. The fraction of sp³-hybridized carbons (Fsp3) is 0.500. The number of carbonyl (C=O) groups excluding carboxylic acids is 2. The van der Waals surface area contributed by atoms with Gasteiger partial charge in [-0.1, -0.05) is 6.58 Å². The Labute approximate surface area is 188 Å². The van der Waals surface area contributed by atoms with Crippen molar-refractivity contribution in [1.29, 1.82) is 0 Å². The number of ether oxygens (including phenoxy) is 1. The molecular weight excluding hydrogens is 444 g/mol. The quantitative estimate of drug-likeness (QED) is 0.486. The number of hydrogen-bond acceptors (Lipinski definition) is 4. The first-order valence-electron chi connectivity index (χ1n) is 10.6. The minimum atomic E-state index is -2.84. The number of aromatic nitrogens is 2. The fourth-order valence-electron chi connectivity index (χ4n) is 4.71. The molecule has 2 amide bonds. The van der Waals surface area contributed by atoms with Crippen LogP contribution in [0.1, 0.15) is 49.6 Å². The molecule has 7 nitrogen and oxygen atoms in total. The molecule has 0 N–H and O–H groups in total. The van der Waals surface area contributed by atoms with Crippen LogP contribution in [0.3, 0.4) is 0 Å². The second-order valence-corrected chi connectivity index (χ2v) is 8.46. The van der Waals surface area contributed by atoms with Gasteiger partial charge in [-0.25, -0.2) is 13.5 Å². The molecule has 3 fully saturated rings. The Balaban J connectivity index is 1.42. The molecule has 0 saturated carbocycles. The van der Waals surface area contributed by atoms with E-state index in [1.54, 1.807) is 4.90 Å². The second kappa shape index (κ2) is 8.77. The highest BCUT2D eigenvalue weighted by molar-refractivity contribution is 5.93. The average Bonchev–Trinajstić information content (AvgIpc) is 3.45. The minimum Gasteiger partial charge on any atom is -0.342 e. The van der Waals surface area contributed by atoms with E-state index in [2.05, 4.69) is 11.7 Å².